The second kappa shape index (κ2) is 6.22. The number of nitrogens with one attached hydrogen (secondary N) is 1. The lowest BCUT2D eigenvalue weighted by molar-refractivity contribution is -0.143. The molecule has 0 spiro atoms. The summed E-state index contributed by atoms with van der Waals surface area (Å²) in [6.07, 6.45) is 6.00. The third-order valence-electron chi connectivity index (χ3n) is 5.04. The van der Waals surface area contributed by atoms with Crippen LogP contribution in [0, 0.1) is 5.92 Å². The van der Waals surface area contributed by atoms with E-state index >= 15 is 0 Å². The Kier molecular flexibility index (Phi) is 4.33. The van der Waals surface area contributed by atoms with Crippen LogP contribution in [0.4, 0.5) is 4.79 Å². The van der Waals surface area contributed by atoms with Gasteiger partial charge in [0.1, 0.15) is 6.04 Å². The van der Waals surface area contributed by atoms with Gasteiger partial charge >= 0.3 is 12.0 Å². The Morgan fingerprint density at radius 3 is 2.38 bits per heavy atom. The molecule has 1 unspecified atom stereocenters. The van der Waals surface area contributed by atoms with Crippen LogP contribution in [0.3, 0.4) is 0 Å². The highest BCUT2D eigenvalue weighted by atomic mass is 16.4. The van der Waals surface area contributed by atoms with Crippen LogP contribution in [-0.2, 0) is 4.79 Å². The number of amides is 2. The summed E-state index contributed by atoms with van der Waals surface area (Å²) < 4.78 is 0. The lowest BCUT2D eigenvalue weighted by Gasteiger charge is -2.38. The summed E-state index contributed by atoms with van der Waals surface area (Å²) in [5, 5.41) is 12.3. The smallest absolute Gasteiger partial charge is 0.320 e. The maximum absolute atomic E-state index is 12.0. The van der Waals surface area contributed by atoms with Crippen LogP contribution in [0.2, 0.25) is 0 Å². The van der Waals surface area contributed by atoms with Crippen LogP contribution in [0.1, 0.15) is 38.5 Å². The van der Waals surface area contributed by atoms with E-state index in [9.17, 15) is 14.7 Å². The average molecular weight is 295 g/mol. The maximum atomic E-state index is 12.0. The molecule has 3 fully saturated rings. The van der Waals surface area contributed by atoms with Gasteiger partial charge in [-0.2, -0.15) is 0 Å². The number of carbonyl (C=O) groups excluding carboxylic acids is 1. The first kappa shape index (κ1) is 14.6. The molecule has 2 heterocycles. The normalized spacial score (nSPS) is 27.8. The Morgan fingerprint density at radius 2 is 1.76 bits per heavy atom. The van der Waals surface area contributed by atoms with Crippen LogP contribution >= 0.6 is 0 Å². The molecule has 1 saturated carbocycles. The van der Waals surface area contributed by atoms with Gasteiger partial charge in [-0.25, -0.2) is 4.79 Å². The first-order chi connectivity index (χ1) is 10.1. The topological polar surface area (TPSA) is 72.9 Å². The summed E-state index contributed by atoms with van der Waals surface area (Å²) in [5.74, 6) is 0.00419. The predicted octanol–water partition coefficient (Wildman–Crippen LogP) is 1.12. The van der Waals surface area contributed by atoms with Crippen LogP contribution in [0.15, 0.2) is 0 Å². The summed E-state index contributed by atoms with van der Waals surface area (Å²) >= 11 is 0. The van der Waals surface area contributed by atoms with E-state index in [-0.39, 0.29) is 12.1 Å². The Balaban J connectivity index is 1.45. The van der Waals surface area contributed by atoms with Gasteiger partial charge in [-0.3, -0.25) is 9.69 Å². The molecule has 2 amide bonds. The van der Waals surface area contributed by atoms with Crippen molar-refractivity contribution in [3.05, 3.63) is 0 Å². The zero-order chi connectivity index (χ0) is 14.8. The number of carbonyl (C=O) groups is 2. The molecule has 2 saturated heterocycles. The second-order valence-electron chi connectivity index (χ2n) is 6.58. The molecule has 3 rings (SSSR count). The molecule has 2 N–H and O–H groups in total. The fourth-order valence-electron chi connectivity index (χ4n) is 3.56. The molecule has 1 aliphatic carbocycles. The predicted molar refractivity (Wildman–Crippen MR) is 78.1 cm³/mol. The number of carboxylic acids is 1. The van der Waals surface area contributed by atoms with Crippen LogP contribution < -0.4 is 5.32 Å². The molecule has 6 heteroatoms. The van der Waals surface area contributed by atoms with E-state index in [4.69, 9.17) is 0 Å². The molecule has 6 nitrogen and oxygen atoms in total. The van der Waals surface area contributed by atoms with Crippen molar-refractivity contribution in [1.29, 1.82) is 0 Å². The number of nitrogens with zero attached hydrogens (tertiary/aromatic N) is 2. The summed E-state index contributed by atoms with van der Waals surface area (Å²) in [7, 11) is 0. The summed E-state index contributed by atoms with van der Waals surface area (Å²) in [6.45, 7) is 3.18. The van der Waals surface area contributed by atoms with E-state index < -0.39 is 5.97 Å². The van der Waals surface area contributed by atoms with Gasteiger partial charge in [0, 0.05) is 25.7 Å². The minimum atomic E-state index is -0.697. The van der Waals surface area contributed by atoms with Crippen LogP contribution in [0.5, 0.6) is 0 Å². The lowest BCUT2D eigenvalue weighted by atomic mass is 10.0. The number of piperidine rings is 1. The molecule has 0 aromatic carbocycles. The Bertz CT molecular complexity index is 403. The fourth-order valence-corrected chi connectivity index (χ4v) is 3.56. The van der Waals surface area contributed by atoms with E-state index in [1.165, 1.54) is 12.8 Å². The van der Waals surface area contributed by atoms with Crippen molar-refractivity contribution in [2.45, 2.75) is 50.6 Å². The summed E-state index contributed by atoms with van der Waals surface area (Å²) in [5.41, 5.74) is 0. The lowest BCUT2D eigenvalue weighted by Crippen LogP contribution is -2.51. The molecule has 118 valence electrons. The van der Waals surface area contributed by atoms with Gasteiger partial charge in [-0.15, -0.1) is 0 Å². The molecular weight excluding hydrogens is 270 g/mol. The maximum Gasteiger partial charge on any atom is 0.320 e. The molecule has 0 aromatic heterocycles. The van der Waals surface area contributed by atoms with Crippen molar-refractivity contribution >= 4 is 12.0 Å². The van der Waals surface area contributed by atoms with Crippen molar-refractivity contribution < 1.29 is 14.7 Å². The largest absolute Gasteiger partial charge is 0.480 e. The van der Waals surface area contributed by atoms with E-state index in [2.05, 4.69) is 10.2 Å². The molecule has 0 bridgehead atoms. The number of likely N-dealkylation sites (tertiary alicyclic amines) is 2. The Labute approximate surface area is 125 Å². The van der Waals surface area contributed by atoms with Gasteiger partial charge in [-0.1, -0.05) is 0 Å². The molecular formula is C15H25N3O3. The number of aliphatic carboxylic acids is 1. The first-order valence-corrected chi connectivity index (χ1v) is 8.16. The fraction of sp³-hybridized carbons (Fsp3) is 0.867. The molecule has 0 radical (unpaired) electrons. The highest BCUT2D eigenvalue weighted by molar-refractivity contribution is 5.74. The minimum Gasteiger partial charge on any atom is -0.480 e. The van der Waals surface area contributed by atoms with Gasteiger partial charge in [0.25, 0.3) is 0 Å². The third-order valence-corrected chi connectivity index (χ3v) is 5.04. The number of rotatable bonds is 4. The third kappa shape index (κ3) is 3.48. The van der Waals surface area contributed by atoms with Crippen molar-refractivity contribution in [2.24, 2.45) is 5.92 Å². The number of urea groups is 1. The highest BCUT2D eigenvalue weighted by Crippen LogP contribution is 2.28. The van der Waals surface area contributed by atoms with Gasteiger partial charge in [0.05, 0.1) is 0 Å². The van der Waals surface area contributed by atoms with Crippen molar-refractivity contribution in [3.63, 3.8) is 0 Å². The number of hydrogen-bond donors (Lipinski definition) is 2. The van der Waals surface area contributed by atoms with Crippen LogP contribution in [-0.4, -0.2) is 65.2 Å². The molecule has 1 atom stereocenters. The standard InChI is InChI=1S/C15H25N3O3/c19-14(20)13-2-1-7-18(13)12-5-8-17(9-6-12)15(21)16-10-11-3-4-11/h11-13H,1-10H2,(H,16,21)(H,19,20). The molecule has 3 aliphatic rings. The molecule has 2 aliphatic heterocycles. The Hall–Kier alpha value is -1.30. The monoisotopic (exact) mass is 295 g/mol. The summed E-state index contributed by atoms with van der Waals surface area (Å²) in [4.78, 5) is 27.3. The SMILES string of the molecule is O=C(O)C1CCCN1C1CCN(C(=O)NCC2CC2)CC1. The van der Waals surface area contributed by atoms with E-state index in [0.29, 0.717) is 12.0 Å². The van der Waals surface area contributed by atoms with Crippen molar-refractivity contribution in [2.75, 3.05) is 26.2 Å². The van der Waals surface area contributed by atoms with Gasteiger partial charge in [0.2, 0.25) is 0 Å². The van der Waals surface area contributed by atoms with Crippen molar-refractivity contribution in [3.8, 4) is 0 Å². The number of carboxylic acid groups (broad SMARTS) is 1. The molecule has 0 aromatic rings. The van der Waals surface area contributed by atoms with Gasteiger partial charge < -0.3 is 15.3 Å². The minimum absolute atomic E-state index is 0.0524. The highest BCUT2D eigenvalue weighted by Gasteiger charge is 2.37. The van der Waals surface area contributed by atoms with Crippen LogP contribution in [0.25, 0.3) is 0 Å². The van der Waals surface area contributed by atoms with E-state index in [0.717, 1.165) is 51.9 Å². The van der Waals surface area contributed by atoms with E-state index in [1.54, 1.807) is 0 Å². The summed E-state index contributed by atoms with van der Waals surface area (Å²) in [6, 6.07) is 0.0582. The average Bonchev–Trinajstić information content (AvgIpc) is 3.18. The van der Waals surface area contributed by atoms with Crippen molar-refractivity contribution in [1.82, 2.24) is 15.1 Å². The van der Waals surface area contributed by atoms with Gasteiger partial charge in [-0.05, 0) is 51.0 Å². The quantitative estimate of drug-likeness (QED) is 0.815. The zero-order valence-electron chi connectivity index (χ0n) is 12.5. The van der Waals surface area contributed by atoms with E-state index in [1.807, 2.05) is 4.90 Å². The first-order valence-electron chi connectivity index (χ1n) is 8.16. The number of hydrogen-bond acceptors (Lipinski definition) is 3. The Morgan fingerprint density at radius 1 is 1.05 bits per heavy atom. The van der Waals surface area contributed by atoms with Gasteiger partial charge in [0.15, 0.2) is 0 Å². The second-order valence-corrected chi connectivity index (χ2v) is 6.58. The molecule has 21 heavy (non-hydrogen) atoms. The zero-order valence-corrected chi connectivity index (χ0v) is 12.5.